The number of hydrogen-bond donors (Lipinski definition) is 2. The Bertz CT molecular complexity index is 1380. The van der Waals surface area contributed by atoms with E-state index in [1.807, 2.05) is 18.2 Å². The molecule has 0 saturated carbocycles. The molecule has 9 nitrogen and oxygen atoms in total. The third-order valence-corrected chi connectivity index (χ3v) is 7.80. The molecule has 0 spiro atoms. The summed E-state index contributed by atoms with van der Waals surface area (Å²) in [6.45, 7) is 1.67. The first-order chi connectivity index (χ1) is 18.0. The maximum Gasteiger partial charge on any atom is 0.251 e. The monoisotopic (exact) mass is 543 g/mol. The molecule has 1 amide bonds. The topological polar surface area (TPSA) is 126 Å². The van der Waals surface area contributed by atoms with E-state index in [0.717, 1.165) is 22.0 Å². The van der Waals surface area contributed by atoms with Crippen LogP contribution in [0.3, 0.4) is 0 Å². The number of nitrogens with one attached hydrogen (secondary N) is 1. The van der Waals surface area contributed by atoms with Crippen molar-refractivity contribution in [3.63, 3.8) is 0 Å². The van der Waals surface area contributed by atoms with Crippen LogP contribution in [0.5, 0.6) is 5.88 Å². The van der Waals surface area contributed by atoms with Gasteiger partial charge in [0.2, 0.25) is 15.9 Å². The number of nitrogens with zero attached hydrogens (tertiary/aromatic N) is 2. The molecule has 3 aromatic rings. The Morgan fingerprint density at radius 2 is 1.84 bits per heavy atom. The molecule has 0 fully saturated rings. The number of amides is 1. The average molecular weight is 544 g/mol. The van der Waals surface area contributed by atoms with Gasteiger partial charge in [-0.05, 0) is 49.6 Å². The van der Waals surface area contributed by atoms with Crippen molar-refractivity contribution in [2.75, 3.05) is 20.2 Å². The number of aromatic nitrogens is 1. The number of hydrogen-bond acceptors (Lipinski definition) is 7. The number of carbonyl (C=O) groups is 2. The Hall–Kier alpha value is -3.67. The standard InChI is InChI=1S/C27H30FN3O6S/c1-18-9-10-22(28)15-25(18)38(35,36)31(16-19(2)32)17-24(33)23(13-20-7-5-4-6-8-20)30-27(34)21-11-12-29-26(14-21)37-3/h4-12,14-15,23-24,33H,13,16-17H2,1-3H3,(H,30,34). The molecule has 0 aliphatic heterocycles. The molecule has 2 atom stereocenters. The van der Waals surface area contributed by atoms with Gasteiger partial charge in [0.15, 0.2) is 0 Å². The summed E-state index contributed by atoms with van der Waals surface area (Å²) in [4.78, 5) is 28.7. The van der Waals surface area contributed by atoms with Crippen molar-refractivity contribution >= 4 is 21.7 Å². The van der Waals surface area contributed by atoms with Gasteiger partial charge < -0.3 is 15.2 Å². The molecule has 0 radical (unpaired) electrons. The SMILES string of the molecule is COc1cc(C(=O)NC(Cc2ccccc2)C(O)CN(CC(C)=O)S(=O)(=O)c2cc(F)ccc2C)ccn1. The zero-order valence-electron chi connectivity index (χ0n) is 21.3. The second-order valence-electron chi connectivity index (χ2n) is 8.83. The van der Waals surface area contributed by atoms with Gasteiger partial charge >= 0.3 is 0 Å². The maximum absolute atomic E-state index is 13.9. The molecule has 1 heterocycles. The van der Waals surface area contributed by atoms with Crippen LogP contribution in [0.25, 0.3) is 0 Å². The molecule has 11 heteroatoms. The second-order valence-corrected chi connectivity index (χ2v) is 10.7. The Labute approximate surface area is 221 Å². The first-order valence-electron chi connectivity index (χ1n) is 11.8. The minimum absolute atomic E-state index is 0.170. The van der Waals surface area contributed by atoms with Gasteiger partial charge in [0, 0.05) is 24.4 Å². The van der Waals surface area contributed by atoms with Gasteiger partial charge in [-0.2, -0.15) is 4.31 Å². The summed E-state index contributed by atoms with van der Waals surface area (Å²) >= 11 is 0. The van der Waals surface area contributed by atoms with Crippen LogP contribution in [0.4, 0.5) is 4.39 Å². The number of benzene rings is 2. The number of Topliss-reactive ketones (excluding diaryl/α,β-unsaturated/α-hetero) is 1. The molecule has 0 aliphatic rings. The van der Waals surface area contributed by atoms with Crippen LogP contribution in [-0.4, -0.2) is 66.8 Å². The summed E-state index contributed by atoms with van der Waals surface area (Å²) in [7, 11) is -2.95. The smallest absolute Gasteiger partial charge is 0.251 e. The van der Waals surface area contributed by atoms with Gasteiger partial charge in [-0.1, -0.05) is 36.4 Å². The number of sulfonamides is 1. The summed E-state index contributed by atoms with van der Waals surface area (Å²) in [5, 5.41) is 14.0. The molecule has 38 heavy (non-hydrogen) atoms. The second kappa shape index (κ2) is 12.7. The lowest BCUT2D eigenvalue weighted by molar-refractivity contribution is -0.117. The quantitative estimate of drug-likeness (QED) is 0.360. The molecule has 2 N–H and O–H groups in total. The van der Waals surface area contributed by atoms with Crippen molar-refractivity contribution in [3.8, 4) is 5.88 Å². The van der Waals surface area contributed by atoms with Crippen molar-refractivity contribution in [2.24, 2.45) is 0 Å². The fourth-order valence-electron chi connectivity index (χ4n) is 3.89. The lowest BCUT2D eigenvalue weighted by Crippen LogP contribution is -2.51. The summed E-state index contributed by atoms with van der Waals surface area (Å²) in [6.07, 6.45) is 0.146. The van der Waals surface area contributed by atoms with Crippen molar-refractivity contribution in [2.45, 2.75) is 37.3 Å². The summed E-state index contributed by atoms with van der Waals surface area (Å²) in [6, 6.07) is 14.3. The minimum Gasteiger partial charge on any atom is -0.481 e. The van der Waals surface area contributed by atoms with Crippen LogP contribution in [0.1, 0.15) is 28.4 Å². The molecular weight excluding hydrogens is 513 g/mol. The number of halogens is 1. The van der Waals surface area contributed by atoms with E-state index in [9.17, 15) is 27.5 Å². The highest BCUT2D eigenvalue weighted by atomic mass is 32.2. The van der Waals surface area contributed by atoms with Crippen LogP contribution < -0.4 is 10.1 Å². The number of carbonyl (C=O) groups excluding carboxylic acids is 2. The summed E-state index contributed by atoms with van der Waals surface area (Å²) < 4.78 is 46.7. The van der Waals surface area contributed by atoms with Gasteiger partial charge in [0.25, 0.3) is 5.91 Å². The number of methoxy groups -OCH3 is 1. The third kappa shape index (κ3) is 7.44. The van der Waals surface area contributed by atoms with Crippen molar-refractivity contribution in [1.82, 2.24) is 14.6 Å². The zero-order valence-corrected chi connectivity index (χ0v) is 22.1. The van der Waals surface area contributed by atoms with Crippen LogP contribution in [0.15, 0.2) is 71.8 Å². The first-order valence-corrected chi connectivity index (χ1v) is 13.2. The number of rotatable bonds is 12. The Balaban J connectivity index is 1.93. The van der Waals surface area contributed by atoms with E-state index in [1.54, 1.807) is 12.1 Å². The average Bonchev–Trinajstić information content (AvgIpc) is 2.89. The highest BCUT2D eigenvalue weighted by Crippen LogP contribution is 2.22. The fraction of sp³-hybridized carbons (Fsp3) is 0.296. The zero-order chi connectivity index (χ0) is 27.9. The summed E-state index contributed by atoms with van der Waals surface area (Å²) in [5.41, 5.74) is 1.30. The molecule has 1 aromatic heterocycles. The predicted molar refractivity (Wildman–Crippen MR) is 139 cm³/mol. The van der Waals surface area contributed by atoms with Crippen molar-refractivity contribution < 1.29 is 32.2 Å². The minimum atomic E-state index is -4.37. The molecule has 0 aliphatic carbocycles. The maximum atomic E-state index is 13.9. The number of ether oxygens (including phenoxy) is 1. The van der Waals surface area contributed by atoms with Crippen LogP contribution >= 0.6 is 0 Å². The van der Waals surface area contributed by atoms with E-state index in [0.29, 0.717) is 0 Å². The van der Waals surface area contributed by atoms with E-state index in [1.165, 1.54) is 45.4 Å². The van der Waals surface area contributed by atoms with E-state index in [-0.39, 0.29) is 28.3 Å². The number of aliphatic hydroxyl groups excluding tert-OH is 1. The van der Waals surface area contributed by atoms with Gasteiger partial charge in [0.05, 0.1) is 30.7 Å². The van der Waals surface area contributed by atoms with Crippen molar-refractivity contribution in [1.29, 1.82) is 0 Å². The molecule has 2 unspecified atom stereocenters. The number of aliphatic hydroxyl groups is 1. The molecule has 2 aromatic carbocycles. The lowest BCUT2D eigenvalue weighted by Gasteiger charge is -2.29. The number of pyridine rings is 1. The van der Waals surface area contributed by atoms with E-state index >= 15 is 0 Å². The first kappa shape index (κ1) is 28.9. The van der Waals surface area contributed by atoms with E-state index < -0.39 is 52.8 Å². The number of aryl methyl sites for hydroxylation is 1. The van der Waals surface area contributed by atoms with Crippen molar-refractivity contribution in [3.05, 3.63) is 89.4 Å². The lowest BCUT2D eigenvalue weighted by atomic mass is 10.0. The largest absolute Gasteiger partial charge is 0.481 e. The van der Waals surface area contributed by atoms with Crippen LogP contribution in [-0.2, 0) is 21.2 Å². The normalized spacial score (nSPS) is 13.1. The van der Waals surface area contributed by atoms with Gasteiger partial charge in [-0.15, -0.1) is 0 Å². The highest BCUT2D eigenvalue weighted by molar-refractivity contribution is 7.89. The van der Waals surface area contributed by atoms with Gasteiger partial charge in [0.1, 0.15) is 11.6 Å². The Morgan fingerprint density at radius 3 is 2.50 bits per heavy atom. The Morgan fingerprint density at radius 1 is 1.13 bits per heavy atom. The Kier molecular flexibility index (Phi) is 9.67. The van der Waals surface area contributed by atoms with Crippen LogP contribution in [0.2, 0.25) is 0 Å². The summed E-state index contributed by atoms with van der Waals surface area (Å²) in [5.74, 6) is -1.53. The molecule has 202 valence electrons. The van der Waals surface area contributed by atoms with Gasteiger partial charge in [-0.3, -0.25) is 9.59 Å². The fourth-order valence-corrected chi connectivity index (χ4v) is 5.60. The molecule has 0 bridgehead atoms. The highest BCUT2D eigenvalue weighted by Gasteiger charge is 2.33. The van der Waals surface area contributed by atoms with Gasteiger partial charge in [-0.25, -0.2) is 17.8 Å². The predicted octanol–water partition coefficient (Wildman–Crippen LogP) is 2.52. The molecule has 0 saturated heterocycles. The molecule has 3 rings (SSSR count). The number of ketones is 1. The van der Waals surface area contributed by atoms with E-state index in [2.05, 4.69) is 10.3 Å². The third-order valence-electron chi connectivity index (χ3n) is 5.84. The van der Waals surface area contributed by atoms with Crippen LogP contribution in [0, 0.1) is 12.7 Å². The van der Waals surface area contributed by atoms with E-state index in [4.69, 9.17) is 4.74 Å². The molecular formula is C27H30FN3O6S.